The molecule has 0 unspecified atom stereocenters. The summed E-state index contributed by atoms with van der Waals surface area (Å²) in [6, 6.07) is 122. The third kappa shape index (κ3) is 10.4. The maximum atomic E-state index is 10.5. The Labute approximate surface area is 810 Å². The lowest BCUT2D eigenvalue weighted by molar-refractivity contribution is 0.591. The minimum absolute atomic E-state index is 0.0320. The van der Waals surface area contributed by atoms with Gasteiger partial charge in [0.2, 0.25) is 0 Å². The third-order valence-corrected chi connectivity index (χ3v) is 30.3. The van der Waals surface area contributed by atoms with Gasteiger partial charge in [-0.3, -0.25) is 0 Å². The first-order valence-electron chi connectivity index (χ1n) is 53.9. The molecule has 5 nitrogen and oxygen atoms in total. The van der Waals surface area contributed by atoms with E-state index in [-0.39, 0.29) is 103 Å². The summed E-state index contributed by atoms with van der Waals surface area (Å²) in [7, 11) is 0. The fourth-order valence-electron chi connectivity index (χ4n) is 24.6. The Morgan fingerprint density at radius 2 is 0.588 bits per heavy atom. The summed E-state index contributed by atoms with van der Waals surface area (Å²) in [5, 5.41) is 2.37. The van der Waals surface area contributed by atoms with Gasteiger partial charge in [-0.25, -0.2) is 0 Å². The summed E-state index contributed by atoms with van der Waals surface area (Å²) in [4.78, 5) is 4.75. The molecule has 5 heterocycles. The topological polar surface area (TPSA) is 21.3 Å². The minimum atomic E-state index is -0.872. The predicted molar refractivity (Wildman–Crippen MR) is 570 cm³/mol. The van der Waals surface area contributed by atoms with Crippen molar-refractivity contribution in [2.45, 2.75) is 63.2 Å². The van der Waals surface area contributed by atoms with Crippen LogP contribution in [0.3, 0.4) is 0 Å². The third-order valence-electron chi connectivity index (χ3n) is 30.3. The first-order valence-corrected chi connectivity index (χ1v) is 46.9. The van der Waals surface area contributed by atoms with E-state index < -0.39 is 64.6 Å². The Bertz CT molecular complexity index is 9500. The smallest absolute Gasteiger partial charge is 0.252 e. The van der Waals surface area contributed by atoms with Crippen LogP contribution in [0.25, 0.3) is 160 Å². The van der Waals surface area contributed by atoms with Crippen LogP contribution in [0.1, 0.15) is 116 Å². The lowest BCUT2D eigenvalue weighted by Gasteiger charge is -2.45. The summed E-state index contributed by atoms with van der Waals surface area (Å²) >= 11 is 0. The molecule has 0 atom stereocenters. The molecule has 638 valence electrons. The molecule has 2 aliphatic heterocycles. The van der Waals surface area contributed by atoms with Crippen molar-refractivity contribution >= 4 is 123 Å². The molecule has 4 aliphatic carbocycles. The molecule has 0 amide bonds. The van der Waals surface area contributed by atoms with E-state index in [0.717, 1.165) is 133 Å². The molecule has 0 saturated heterocycles. The summed E-state index contributed by atoms with van der Waals surface area (Å²) in [6.07, 6.45) is 0. The lowest BCUT2D eigenvalue weighted by Crippen LogP contribution is -2.61. The molecule has 6 heteroatoms. The van der Waals surface area contributed by atoms with E-state index in [1.165, 1.54) is 55.6 Å². The molecule has 3 aromatic heterocycles. The average Bonchev–Trinajstić information content (AvgIpc) is 1.61. The van der Waals surface area contributed by atoms with Gasteiger partial charge in [0, 0.05) is 83.3 Å². The van der Waals surface area contributed by atoms with E-state index in [2.05, 4.69) is 348 Å². The van der Waals surface area contributed by atoms with Crippen LogP contribution in [0.2, 0.25) is 0 Å². The second-order valence-electron chi connectivity index (χ2n) is 39.3. The van der Waals surface area contributed by atoms with Gasteiger partial charge in [-0.2, -0.15) is 0 Å². The number of para-hydroxylation sites is 6. The highest BCUT2D eigenvalue weighted by Crippen LogP contribution is 2.66. The van der Waals surface area contributed by atoms with Crippen LogP contribution in [0, 0.1) is 0 Å². The molecule has 0 saturated carbocycles. The normalized spacial score (nSPS) is 15.5. The highest BCUT2D eigenvalue weighted by Gasteiger charge is 2.54. The molecule has 29 rings (SSSR count). The second kappa shape index (κ2) is 28.0. The van der Waals surface area contributed by atoms with Crippen LogP contribution in [0.4, 0.5) is 34.1 Å². The highest BCUT2D eigenvalue weighted by atomic mass is 15.2. The van der Waals surface area contributed by atoms with E-state index in [4.69, 9.17) is 0 Å². The highest BCUT2D eigenvalue weighted by molar-refractivity contribution is 7.00. The maximum Gasteiger partial charge on any atom is 0.252 e. The Kier molecular flexibility index (Phi) is 13.3. The van der Waals surface area contributed by atoms with Crippen molar-refractivity contribution in [3.05, 3.63) is 492 Å². The molecule has 0 N–H and O–H groups in total. The Morgan fingerprint density at radius 3 is 1.03 bits per heavy atom. The van der Waals surface area contributed by atoms with Crippen LogP contribution in [-0.2, 0) is 21.7 Å². The largest absolute Gasteiger partial charge is 0.311 e. The molecule has 20 aromatic carbocycles. The lowest BCUT2D eigenvalue weighted by atomic mass is 9.33. The van der Waals surface area contributed by atoms with Gasteiger partial charge in [-0.1, -0.05) is 351 Å². The standard InChI is InChI=1S/C130H90BN5/c1-127(2,3)83-59-68-120-102(75-83)99-43-19-30-54-117(99)133(120)86-61-65-112-122(77-86)135(114-51-27-16-34-88(114)80-56-63-96-94-40-14-25-49-108(94)129(110(96)71-80)104-45-21-10-36-90(104)91-37-11-22-46-105(91)129)124-73-82(79-58-67-119-101(70-79)98-42-18-29-53-116(98)132(119)85-32-8-7-9-33-85)74-125-126(124)131(112)113-66-62-87(134-118-55-31-20-44-100(118)103-76-84(128(4,5)6)60-69-121(103)134)78-123(113)136(125)115-52-28-17-35-89(115)81-57-64-97-95-41-15-26-50-109(95)130(111(97)72-81)106-47-23-12-38-92(106)93-39-13-24-48-107(93)130/h7-78H,1-6H3/i19D,20D,30D,31D,43D,44D,54D,55D,59D,60D,68D,69D,75D,76D. The van der Waals surface area contributed by atoms with Crippen LogP contribution < -0.4 is 26.2 Å². The quantitative estimate of drug-likeness (QED) is 0.141. The van der Waals surface area contributed by atoms with Gasteiger partial charge in [-0.15, -0.1) is 0 Å². The average molecular weight is 1750 g/mol. The van der Waals surface area contributed by atoms with Gasteiger partial charge in [0.05, 0.1) is 74.5 Å². The van der Waals surface area contributed by atoms with Crippen molar-refractivity contribution < 1.29 is 19.2 Å². The van der Waals surface area contributed by atoms with Gasteiger partial charge in [0.1, 0.15) is 0 Å². The summed E-state index contributed by atoms with van der Waals surface area (Å²) in [5.41, 5.74) is 31.6. The fourth-order valence-corrected chi connectivity index (χ4v) is 24.6. The van der Waals surface area contributed by atoms with Crippen molar-refractivity contribution in [2.24, 2.45) is 0 Å². The van der Waals surface area contributed by atoms with Crippen LogP contribution in [0.5, 0.6) is 0 Å². The van der Waals surface area contributed by atoms with E-state index in [9.17, 15) is 19.2 Å². The van der Waals surface area contributed by atoms with Gasteiger partial charge >= 0.3 is 0 Å². The zero-order valence-corrected chi connectivity index (χ0v) is 75.3. The maximum absolute atomic E-state index is 10.5. The Hall–Kier alpha value is -16.5. The van der Waals surface area contributed by atoms with Crippen LogP contribution in [0.15, 0.2) is 436 Å². The first-order chi connectivity index (χ1) is 72.6. The minimum Gasteiger partial charge on any atom is -0.311 e. The first kappa shape index (κ1) is 64.3. The monoisotopic (exact) mass is 1750 g/mol. The SMILES string of the molecule is [2H]c1c([2H])c([2H])c2c(c1[2H])c1c([2H])c(C(C)(C)C)c([2H])c([2H])c1n2-c1ccc2c(c1)N(c1ccccc1-c1ccc3c(c1)C1(c4ccccc4-c4ccccc41)c1ccccc1-3)c1cc(-c3ccc4c(c3)c3ccccc3n4-c3ccccc3)cc3c1B2c1ccc(-n2c4c([2H])c([2H])c([2H])c([2H])c4c4c([2H])c(C(C)(C)C)c([2H])c([2H])c42)cc1N3c1ccccc1-c1ccc2c(c1)C1(c3ccccc3-c3ccccc31)c1ccccc1-2. The van der Waals surface area contributed by atoms with E-state index in [1.54, 1.807) is 9.13 Å². The number of fused-ring (bicyclic) bond motifs is 33. The van der Waals surface area contributed by atoms with Gasteiger partial charge < -0.3 is 23.5 Å². The van der Waals surface area contributed by atoms with E-state index in [0.29, 0.717) is 22.7 Å². The summed E-state index contributed by atoms with van der Waals surface area (Å²) in [5.74, 6) is 0. The molecule has 0 radical (unpaired) electrons. The number of hydrogen-bond acceptors (Lipinski definition) is 2. The molecule has 136 heavy (non-hydrogen) atoms. The summed E-state index contributed by atoms with van der Waals surface area (Å²) < 4.78 is 147. The Morgan fingerprint density at radius 1 is 0.228 bits per heavy atom. The van der Waals surface area contributed by atoms with Crippen molar-refractivity contribution in [2.75, 3.05) is 9.80 Å². The number of hydrogen-bond donors (Lipinski definition) is 0. The molecular weight excluding hydrogens is 1640 g/mol. The number of anilines is 6. The number of benzene rings is 20. The molecule has 23 aromatic rings. The molecule has 6 aliphatic rings. The van der Waals surface area contributed by atoms with Crippen LogP contribution in [-0.4, -0.2) is 20.4 Å². The number of rotatable bonds is 8. The van der Waals surface area contributed by atoms with Crippen molar-refractivity contribution in [1.29, 1.82) is 0 Å². The molecule has 0 fully saturated rings. The number of aromatic nitrogens is 3. The van der Waals surface area contributed by atoms with Crippen LogP contribution >= 0.6 is 0 Å². The van der Waals surface area contributed by atoms with E-state index >= 15 is 0 Å². The Balaban J connectivity index is 0.771. The molecular formula is C130H90BN5. The van der Waals surface area contributed by atoms with Crippen molar-refractivity contribution in [1.82, 2.24) is 13.7 Å². The predicted octanol–water partition coefficient (Wildman–Crippen LogP) is 31.3. The zero-order chi connectivity index (χ0) is 102. The second-order valence-corrected chi connectivity index (χ2v) is 39.3. The summed E-state index contributed by atoms with van der Waals surface area (Å²) in [6.45, 7) is 10.6. The molecule has 0 bridgehead atoms. The fraction of sp³-hybridized carbons (Fsp3) is 0.0769. The van der Waals surface area contributed by atoms with Crippen molar-refractivity contribution in [3.8, 4) is 95.0 Å². The van der Waals surface area contributed by atoms with E-state index in [1.807, 2.05) is 59.7 Å². The molecule has 2 spiro atoms. The zero-order valence-electron chi connectivity index (χ0n) is 89.3. The number of nitrogens with zero attached hydrogens (tertiary/aromatic N) is 5. The van der Waals surface area contributed by atoms with Gasteiger partial charge in [0.25, 0.3) is 6.71 Å². The van der Waals surface area contributed by atoms with Crippen molar-refractivity contribution in [3.63, 3.8) is 0 Å². The van der Waals surface area contributed by atoms with Gasteiger partial charge in [-0.05, 0) is 277 Å². The van der Waals surface area contributed by atoms with Gasteiger partial charge in [0.15, 0.2) is 0 Å².